The standard InChI is InChI=1S/C24H38O22/c25-4-9(30)15-13(33)7(28)1-23(44-15,20(37)38)42-12-3-22(41,19(35)36)43-17(11(32)6-27)18(12)46-24(21(39)40)2-8(29)14(34)16(45-24)10(31)5-26/h7-18,25-34,41H,1-6H2,(H,35,36)(H,37,38)(H,39,40)/t7-,8-,9-,10-,11-,12-,13-,14-,15-,16-,17-,18-,22-,23-,24+/m1/s1. The fourth-order valence-electron chi connectivity index (χ4n) is 5.45. The fourth-order valence-corrected chi connectivity index (χ4v) is 5.45. The molecule has 0 unspecified atom stereocenters. The number of carboxylic acid groups (broad SMARTS) is 3. The second-order valence-electron chi connectivity index (χ2n) is 11.2. The number of hydrogen-bond acceptors (Lipinski definition) is 19. The van der Waals surface area contributed by atoms with Crippen LogP contribution in [0.15, 0.2) is 0 Å². The van der Waals surface area contributed by atoms with Crippen LogP contribution in [0.2, 0.25) is 0 Å². The molecule has 0 bridgehead atoms. The third-order valence-corrected chi connectivity index (χ3v) is 7.92. The molecular formula is C24H38O22. The van der Waals surface area contributed by atoms with Crippen LogP contribution in [0.4, 0.5) is 0 Å². The third-order valence-electron chi connectivity index (χ3n) is 7.92. The lowest BCUT2D eigenvalue weighted by Gasteiger charge is -2.52. The Hall–Kier alpha value is -2.23. The molecule has 0 spiro atoms. The Balaban J connectivity index is 2.18. The van der Waals surface area contributed by atoms with Gasteiger partial charge in [0, 0.05) is 19.3 Å². The van der Waals surface area contributed by atoms with E-state index in [1.165, 1.54) is 0 Å². The van der Waals surface area contributed by atoms with E-state index in [-0.39, 0.29) is 0 Å². The van der Waals surface area contributed by atoms with Gasteiger partial charge >= 0.3 is 17.9 Å². The minimum absolute atomic E-state index is 1.13. The zero-order valence-corrected chi connectivity index (χ0v) is 23.7. The predicted molar refractivity (Wildman–Crippen MR) is 135 cm³/mol. The second-order valence-corrected chi connectivity index (χ2v) is 11.2. The van der Waals surface area contributed by atoms with Gasteiger partial charge in [-0.25, -0.2) is 14.4 Å². The molecule has 3 saturated heterocycles. The van der Waals surface area contributed by atoms with Gasteiger partial charge in [0.1, 0.15) is 54.9 Å². The first-order chi connectivity index (χ1) is 21.3. The highest BCUT2D eigenvalue weighted by atomic mass is 16.8. The number of aliphatic hydroxyl groups is 11. The molecule has 14 N–H and O–H groups in total. The summed E-state index contributed by atoms with van der Waals surface area (Å²) < 4.78 is 26.8. The number of hydrogen-bond donors (Lipinski definition) is 14. The van der Waals surface area contributed by atoms with Crippen molar-refractivity contribution in [3.63, 3.8) is 0 Å². The molecule has 3 heterocycles. The van der Waals surface area contributed by atoms with Gasteiger partial charge in [-0.3, -0.25) is 0 Å². The Kier molecular flexibility index (Phi) is 12.0. The van der Waals surface area contributed by atoms with E-state index in [0.717, 1.165) is 0 Å². The first-order valence-corrected chi connectivity index (χ1v) is 13.7. The normalized spacial score (nSPS) is 43.8. The van der Waals surface area contributed by atoms with E-state index in [0.29, 0.717) is 0 Å². The average Bonchev–Trinajstić information content (AvgIpc) is 3.00. The largest absolute Gasteiger partial charge is 0.477 e. The van der Waals surface area contributed by atoms with Crippen molar-refractivity contribution in [3.05, 3.63) is 0 Å². The van der Waals surface area contributed by atoms with Crippen molar-refractivity contribution < 1.29 is 110 Å². The molecule has 22 heteroatoms. The van der Waals surface area contributed by atoms with E-state index in [2.05, 4.69) is 0 Å². The quantitative estimate of drug-likeness (QED) is 0.0859. The van der Waals surface area contributed by atoms with Crippen molar-refractivity contribution in [1.29, 1.82) is 0 Å². The first kappa shape index (κ1) is 38.2. The van der Waals surface area contributed by atoms with Crippen LogP contribution < -0.4 is 0 Å². The lowest BCUT2D eigenvalue weighted by atomic mass is 9.88. The minimum atomic E-state index is -3.39. The molecule has 3 rings (SSSR count). The minimum Gasteiger partial charge on any atom is -0.477 e. The van der Waals surface area contributed by atoms with Crippen molar-refractivity contribution >= 4 is 17.9 Å². The van der Waals surface area contributed by atoms with Crippen LogP contribution in [-0.2, 0) is 38.1 Å². The monoisotopic (exact) mass is 678 g/mol. The Labute approximate surface area is 257 Å². The van der Waals surface area contributed by atoms with Crippen molar-refractivity contribution in [3.8, 4) is 0 Å². The molecule has 266 valence electrons. The smallest absolute Gasteiger partial charge is 0.364 e. The third kappa shape index (κ3) is 7.26. The summed E-state index contributed by atoms with van der Waals surface area (Å²) in [5.41, 5.74) is 0. The number of aliphatic carboxylic acids is 3. The Morgan fingerprint density at radius 3 is 1.39 bits per heavy atom. The maximum Gasteiger partial charge on any atom is 0.364 e. The molecule has 0 aromatic rings. The predicted octanol–water partition coefficient (Wildman–Crippen LogP) is -8.04. The van der Waals surface area contributed by atoms with Gasteiger partial charge < -0.3 is 95.2 Å². The number of carboxylic acids is 3. The van der Waals surface area contributed by atoms with E-state index in [4.69, 9.17) is 23.7 Å². The molecule has 0 amide bonds. The number of rotatable bonds is 13. The van der Waals surface area contributed by atoms with Gasteiger partial charge in [-0.1, -0.05) is 0 Å². The number of ether oxygens (including phenoxy) is 5. The van der Waals surface area contributed by atoms with Crippen LogP contribution in [0, 0.1) is 0 Å². The van der Waals surface area contributed by atoms with Crippen molar-refractivity contribution in [2.24, 2.45) is 0 Å². The Morgan fingerprint density at radius 2 is 1.02 bits per heavy atom. The molecule has 0 aromatic carbocycles. The molecule has 46 heavy (non-hydrogen) atoms. The highest BCUT2D eigenvalue weighted by molar-refractivity contribution is 5.77. The van der Waals surface area contributed by atoms with Crippen LogP contribution in [0.1, 0.15) is 19.3 Å². The Bertz CT molecular complexity index is 1090. The molecule has 0 aliphatic carbocycles. The molecule has 3 fully saturated rings. The molecular weight excluding hydrogens is 640 g/mol. The maximum atomic E-state index is 12.6. The zero-order chi connectivity index (χ0) is 34.9. The topological polar surface area (TPSA) is 381 Å². The van der Waals surface area contributed by atoms with Crippen molar-refractivity contribution in [1.82, 2.24) is 0 Å². The van der Waals surface area contributed by atoms with Gasteiger partial charge in [-0.2, -0.15) is 0 Å². The van der Waals surface area contributed by atoms with Gasteiger partial charge in [-0.05, 0) is 0 Å². The van der Waals surface area contributed by atoms with Gasteiger partial charge in [-0.15, -0.1) is 0 Å². The molecule has 3 aliphatic heterocycles. The Morgan fingerprint density at radius 1 is 0.630 bits per heavy atom. The summed E-state index contributed by atoms with van der Waals surface area (Å²) in [7, 11) is 0. The summed E-state index contributed by atoms with van der Waals surface area (Å²) in [5, 5.41) is 141. The molecule has 0 aromatic heterocycles. The summed E-state index contributed by atoms with van der Waals surface area (Å²) in [6.45, 7) is -3.56. The summed E-state index contributed by atoms with van der Waals surface area (Å²) >= 11 is 0. The van der Waals surface area contributed by atoms with Crippen molar-refractivity contribution in [2.45, 2.75) is 110 Å². The SMILES string of the molecule is O=C(O)[C@@]1(O[C@H]2[C@@H]([C@H](O)CO)O[C@@](O)(C(=O)O)C[C@H]2O[C@]2(C(=O)O)C[C@@H](O)[C@@H](O)[C@@H]([C@H](O)CO)O2)C[C@@H](O)[C@@H](O)[C@@H]([C@H](O)CO)O1. The molecule has 0 saturated carbocycles. The van der Waals surface area contributed by atoms with Crippen LogP contribution in [0.5, 0.6) is 0 Å². The number of aliphatic hydroxyl groups excluding tert-OH is 10. The van der Waals surface area contributed by atoms with Crippen LogP contribution in [0.3, 0.4) is 0 Å². The summed E-state index contributed by atoms with van der Waals surface area (Å²) in [5.74, 6) is -16.2. The van der Waals surface area contributed by atoms with E-state index >= 15 is 0 Å². The van der Waals surface area contributed by atoms with Gasteiger partial charge in [0.25, 0.3) is 17.4 Å². The van der Waals surface area contributed by atoms with Crippen LogP contribution >= 0.6 is 0 Å². The lowest BCUT2D eigenvalue weighted by molar-refractivity contribution is -0.400. The molecule has 0 radical (unpaired) electrons. The fraction of sp³-hybridized carbons (Fsp3) is 0.875. The highest BCUT2D eigenvalue weighted by Crippen LogP contribution is 2.43. The first-order valence-electron chi connectivity index (χ1n) is 13.7. The molecule has 22 nitrogen and oxygen atoms in total. The van der Waals surface area contributed by atoms with Gasteiger partial charge in [0.2, 0.25) is 0 Å². The van der Waals surface area contributed by atoms with E-state index in [1.54, 1.807) is 0 Å². The lowest BCUT2D eigenvalue weighted by Crippen LogP contribution is -2.70. The average molecular weight is 679 g/mol. The van der Waals surface area contributed by atoms with Gasteiger partial charge in [0.15, 0.2) is 0 Å². The van der Waals surface area contributed by atoms with Gasteiger partial charge in [0.05, 0.1) is 38.1 Å². The zero-order valence-electron chi connectivity index (χ0n) is 23.7. The molecule has 15 atom stereocenters. The van der Waals surface area contributed by atoms with E-state index in [9.17, 15) is 85.9 Å². The van der Waals surface area contributed by atoms with Crippen LogP contribution in [0.25, 0.3) is 0 Å². The number of carbonyl (C=O) groups is 3. The summed E-state index contributed by atoms with van der Waals surface area (Å²) in [6, 6.07) is 0. The van der Waals surface area contributed by atoms with E-state index < -0.39 is 148 Å². The summed E-state index contributed by atoms with van der Waals surface area (Å²) in [6.07, 6.45) is -29.4. The second kappa shape index (κ2) is 14.5. The molecule has 3 aliphatic rings. The maximum absolute atomic E-state index is 12.6. The van der Waals surface area contributed by atoms with E-state index in [1.807, 2.05) is 0 Å². The van der Waals surface area contributed by atoms with Crippen molar-refractivity contribution in [2.75, 3.05) is 19.8 Å². The van der Waals surface area contributed by atoms with Crippen LogP contribution in [-0.4, -0.2) is 200 Å². The highest BCUT2D eigenvalue weighted by Gasteiger charge is 2.63. The summed E-state index contributed by atoms with van der Waals surface area (Å²) in [4.78, 5) is 37.2.